The Morgan fingerprint density at radius 1 is 0.613 bits per heavy atom. The highest BCUT2D eigenvalue weighted by Crippen LogP contribution is 2.44. The van der Waals surface area contributed by atoms with E-state index >= 15 is 0 Å². The van der Waals surface area contributed by atoms with Crippen LogP contribution in [-0.4, -0.2) is 82.0 Å². The molecule has 0 aliphatic rings. The number of hydrogen-bond donors (Lipinski definition) is 2. The Balaban J connectivity index is 2.02. The molecule has 0 spiro atoms. The molecule has 0 radical (unpaired) electrons. The number of phosphoric ester groups is 1. The maximum Gasteiger partial charge on any atom is 0.472 e. The number of hydrogen-bond acceptors (Lipinski definition) is 7. The van der Waals surface area contributed by atoms with Crippen LogP contribution in [-0.2, 0) is 34.5 Å². The quantitative estimate of drug-likeness (QED) is 0.0289. The number of esters is 1. The van der Waals surface area contributed by atoms with Gasteiger partial charge in [-0.2, -0.15) is 0 Å². The minimum absolute atomic E-state index is 0.0817. The van der Waals surface area contributed by atoms with Crippen LogP contribution >= 0.6 is 7.82 Å². The lowest BCUT2D eigenvalue weighted by Crippen LogP contribution is -2.37. The van der Waals surface area contributed by atoms with E-state index in [0.717, 1.165) is 44.2 Å². The molecule has 1 aromatic carbocycles. The van der Waals surface area contributed by atoms with Gasteiger partial charge < -0.3 is 24.2 Å². The van der Waals surface area contributed by atoms with Gasteiger partial charge in [-0.1, -0.05) is 223 Å². The molecule has 1 aromatic rings. The number of unbranched alkanes of at least 4 members (excludes halogenated alkanes) is 30. The SMILES string of the molecule is CCCCCCCCCCCCCCCCCCOCC(CNCCCCCCCCCCCCCCCCCCC(=O)OCc1ccccc1)OP(=O)(O)OCC[N+](C)(C)C. The number of rotatable bonds is 48. The van der Waals surface area contributed by atoms with Crippen molar-refractivity contribution in [2.24, 2.45) is 0 Å². The van der Waals surface area contributed by atoms with E-state index in [2.05, 4.69) is 12.2 Å². The van der Waals surface area contributed by atoms with Crippen molar-refractivity contribution in [1.82, 2.24) is 5.32 Å². The lowest BCUT2D eigenvalue weighted by atomic mass is 10.0. The Bertz CT molecular complexity index is 1150. The molecule has 0 aromatic heterocycles. The molecule has 0 heterocycles. The van der Waals surface area contributed by atoms with Gasteiger partial charge in [0.1, 0.15) is 25.9 Å². The van der Waals surface area contributed by atoms with Crippen LogP contribution in [0.25, 0.3) is 0 Å². The first-order valence-electron chi connectivity index (χ1n) is 26.1. The number of benzene rings is 1. The molecule has 0 amide bonds. The molecule has 2 N–H and O–H groups in total. The van der Waals surface area contributed by atoms with Gasteiger partial charge in [-0.05, 0) is 31.4 Å². The number of likely N-dealkylation sites (N-methyl/N-ethyl adjacent to an activating group) is 1. The number of ether oxygens (including phenoxy) is 2. The minimum atomic E-state index is -4.18. The normalized spacial score (nSPS) is 13.4. The topological polar surface area (TPSA) is 103 Å². The van der Waals surface area contributed by atoms with Crippen molar-refractivity contribution < 1.29 is 37.3 Å². The first kappa shape index (κ1) is 58.7. The third-order valence-corrected chi connectivity index (χ3v) is 12.9. The summed E-state index contributed by atoms with van der Waals surface area (Å²) in [6.45, 7) is 5.71. The number of quaternary nitrogens is 1. The van der Waals surface area contributed by atoms with Crippen molar-refractivity contribution in [3.8, 4) is 0 Å². The molecule has 1 rings (SSSR count). The van der Waals surface area contributed by atoms with E-state index in [1.165, 1.54) is 173 Å². The van der Waals surface area contributed by atoms with Gasteiger partial charge in [0.05, 0.1) is 27.7 Å². The van der Waals surface area contributed by atoms with Crippen LogP contribution in [0.1, 0.15) is 224 Å². The van der Waals surface area contributed by atoms with Gasteiger partial charge in [-0.3, -0.25) is 13.8 Å². The third kappa shape index (κ3) is 42.6. The van der Waals surface area contributed by atoms with Crippen molar-refractivity contribution >= 4 is 13.8 Å². The Hall–Kier alpha value is -1.32. The van der Waals surface area contributed by atoms with Gasteiger partial charge in [0, 0.05) is 19.6 Å². The van der Waals surface area contributed by atoms with Gasteiger partial charge in [-0.15, -0.1) is 0 Å². The van der Waals surface area contributed by atoms with Gasteiger partial charge in [-0.25, -0.2) is 4.57 Å². The highest BCUT2D eigenvalue weighted by Gasteiger charge is 2.27. The predicted molar refractivity (Wildman–Crippen MR) is 262 cm³/mol. The summed E-state index contributed by atoms with van der Waals surface area (Å²) >= 11 is 0. The van der Waals surface area contributed by atoms with Gasteiger partial charge in [0.15, 0.2) is 0 Å². The minimum Gasteiger partial charge on any atom is -0.461 e. The first-order chi connectivity index (χ1) is 30.1. The standard InChI is InChI=1S/C52H99N2O7P/c1-5-6-7-8-9-10-11-12-13-18-21-24-27-30-33-39-45-58-49-51(61-62(56,57)60-46-44-54(2,3)4)47-53-43-38-32-29-26-23-20-17-15-14-16-19-22-25-28-31-37-42-52(55)59-48-50-40-35-34-36-41-50/h34-36,40-41,51,53H,5-33,37-39,42-49H2,1-4H3/p+1. The molecule has 0 saturated heterocycles. The molecule has 364 valence electrons. The lowest BCUT2D eigenvalue weighted by molar-refractivity contribution is -0.870. The second kappa shape index (κ2) is 42.3. The lowest BCUT2D eigenvalue weighted by Gasteiger charge is -2.25. The number of carbonyl (C=O) groups excluding carboxylic acids is 1. The van der Waals surface area contributed by atoms with Crippen LogP contribution in [0.4, 0.5) is 0 Å². The average molecular weight is 896 g/mol. The fourth-order valence-electron chi connectivity index (χ4n) is 7.81. The smallest absolute Gasteiger partial charge is 0.461 e. The maximum absolute atomic E-state index is 12.8. The molecule has 10 heteroatoms. The van der Waals surface area contributed by atoms with Crippen LogP contribution in [0.3, 0.4) is 0 Å². The fourth-order valence-corrected chi connectivity index (χ4v) is 8.70. The molecule has 2 atom stereocenters. The summed E-state index contributed by atoms with van der Waals surface area (Å²) in [4.78, 5) is 22.4. The van der Waals surface area contributed by atoms with E-state index in [0.29, 0.717) is 37.2 Å². The van der Waals surface area contributed by atoms with Crippen LogP contribution in [0.2, 0.25) is 0 Å². The first-order valence-corrected chi connectivity index (χ1v) is 27.5. The predicted octanol–water partition coefficient (Wildman–Crippen LogP) is 14.4. The number of phosphoric acid groups is 1. The molecule has 0 bridgehead atoms. The zero-order chi connectivity index (χ0) is 45.1. The second-order valence-electron chi connectivity index (χ2n) is 19.2. The average Bonchev–Trinajstić information content (AvgIpc) is 3.24. The summed E-state index contributed by atoms with van der Waals surface area (Å²) in [5, 5.41) is 3.45. The molecule has 62 heavy (non-hydrogen) atoms. The summed E-state index contributed by atoms with van der Waals surface area (Å²) < 4.78 is 35.7. The second-order valence-corrected chi connectivity index (χ2v) is 20.6. The summed E-state index contributed by atoms with van der Waals surface area (Å²) in [7, 11) is 1.90. The molecule has 9 nitrogen and oxygen atoms in total. The van der Waals surface area contributed by atoms with Crippen LogP contribution in [0.5, 0.6) is 0 Å². The summed E-state index contributed by atoms with van der Waals surface area (Å²) in [6, 6.07) is 9.87. The Morgan fingerprint density at radius 2 is 1.05 bits per heavy atom. The largest absolute Gasteiger partial charge is 0.472 e. The van der Waals surface area contributed by atoms with Gasteiger partial charge in [0.25, 0.3) is 0 Å². The molecule has 0 aliphatic carbocycles. The van der Waals surface area contributed by atoms with Crippen molar-refractivity contribution in [2.45, 2.75) is 232 Å². The molecular weight excluding hydrogens is 796 g/mol. The van der Waals surface area contributed by atoms with E-state index in [-0.39, 0.29) is 19.2 Å². The third-order valence-electron chi connectivity index (χ3n) is 11.8. The Kier molecular flexibility index (Phi) is 40.1. The van der Waals surface area contributed by atoms with Crippen LogP contribution in [0, 0.1) is 0 Å². The highest BCUT2D eigenvalue weighted by atomic mass is 31.2. The molecule has 0 fully saturated rings. The van der Waals surface area contributed by atoms with Gasteiger partial charge in [0.2, 0.25) is 0 Å². The summed E-state index contributed by atoms with van der Waals surface area (Å²) in [5.41, 5.74) is 1.04. The summed E-state index contributed by atoms with van der Waals surface area (Å²) in [5.74, 6) is -0.0817. The zero-order valence-corrected chi connectivity index (χ0v) is 41.9. The number of nitrogens with zero attached hydrogens (tertiary/aromatic N) is 1. The van der Waals surface area contributed by atoms with Crippen molar-refractivity contribution in [1.29, 1.82) is 0 Å². The Labute approximate surface area is 383 Å². The van der Waals surface area contributed by atoms with E-state index in [9.17, 15) is 14.3 Å². The van der Waals surface area contributed by atoms with E-state index in [1.807, 2.05) is 51.5 Å². The maximum atomic E-state index is 12.8. The van der Waals surface area contributed by atoms with Gasteiger partial charge >= 0.3 is 13.8 Å². The van der Waals surface area contributed by atoms with Crippen molar-refractivity contribution in [3.63, 3.8) is 0 Å². The van der Waals surface area contributed by atoms with E-state index < -0.39 is 13.9 Å². The fraction of sp³-hybridized carbons (Fsp3) is 0.865. The molecular formula is C52H100N2O7P+. The number of nitrogens with one attached hydrogen (secondary N) is 1. The summed E-state index contributed by atoms with van der Waals surface area (Å²) in [6.07, 6.45) is 41.5. The van der Waals surface area contributed by atoms with E-state index in [4.69, 9.17) is 18.5 Å². The van der Waals surface area contributed by atoms with Crippen molar-refractivity contribution in [3.05, 3.63) is 35.9 Å². The van der Waals surface area contributed by atoms with Crippen LogP contribution < -0.4 is 5.32 Å². The molecule has 0 saturated carbocycles. The Morgan fingerprint density at radius 3 is 1.52 bits per heavy atom. The van der Waals surface area contributed by atoms with E-state index in [1.54, 1.807) is 0 Å². The zero-order valence-electron chi connectivity index (χ0n) is 41.0. The molecule has 0 aliphatic heterocycles. The van der Waals surface area contributed by atoms with Crippen molar-refractivity contribution in [2.75, 3.05) is 60.6 Å². The molecule has 2 unspecified atom stereocenters. The monoisotopic (exact) mass is 896 g/mol. The number of carbonyl (C=O) groups is 1. The van der Waals surface area contributed by atoms with Crippen LogP contribution in [0.15, 0.2) is 30.3 Å². The highest BCUT2D eigenvalue weighted by molar-refractivity contribution is 7.47.